The Morgan fingerprint density at radius 2 is 1.81 bits per heavy atom. The number of carbonyl (C=O) groups is 2. The Morgan fingerprint density at radius 3 is 2.56 bits per heavy atom. The first-order chi connectivity index (χ1) is 13.0. The second kappa shape index (κ2) is 8.46. The average molecular weight is 381 g/mol. The predicted molar refractivity (Wildman–Crippen MR) is 106 cm³/mol. The van der Waals surface area contributed by atoms with Gasteiger partial charge in [0, 0.05) is 5.56 Å². The van der Waals surface area contributed by atoms with Crippen LogP contribution in [0.4, 0.5) is 5.69 Å². The van der Waals surface area contributed by atoms with Crippen LogP contribution in [0.1, 0.15) is 21.8 Å². The van der Waals surface area contributed by atoms with Crippen molar-refractivity contribution in [1.82, 2.24) is 4.98 Å². The zero-order valence-corrected chi connectivity index (χ0v) is 15.6. The minimum Gasteiger partial charge on any atom is -0.491 e. The molecule has 0 unspecified atom stereocenters. The number of ether oxygens (including phenoxy) is 1. The number of aromatic nitrogens is 1. The highest BCUT2D eigenvalue weighted by atomic mass is 32.1. The van der Waals surface area contributed by atoms with E-state index < -0.39 is 5.91 Å². The minimum absolute atomic E-state index is 0.108. The van der Waals surface area contributed by atoms with Gasteiger partial charge in [0.15, 0.2) is 0 Å². The summed E-state index contributed by atoms with van der Waals surface area (Å²) in [6.45, 7) is 1.97. The monoisotopic (exact) mass is 381 g/mol. The van der Waals surface area contributed by atoms with E-state index >= 15 is 0 Å². The number of hydrogen-bond acceptors (Lipinski definition) is 5. The number of primary amides is 1. The van der Waals surface area contributed by atoms with E-state index in [1.807, 2.05) is 37.3 Å². The molecule has 2 amide bonds. The molecular formula is C20H19N3O3S. The maximum Gasteiger partial charge on any atom is 0.267 e. The summed E-state index contributed by atoms with van der Waals surface area (Å²) in [5, 5.41) is 3.66. The summed E-state index contributed by atoms with van der Waals surface area (Å²) in [6, 6.07) is 16.8. The van der Waals surface area contributed by atoms with Gasteiger partial charge >= 0.3 is 0 Å². The van der Waals surface area contributed by atoms with E-state index in [4.69, 9.17) is 10.5 Å². The molecule has 27 heavy (non-hydrogen) atoms. The molecule has 3 rings (SSSR count). The number of hydrogen-bond donors (Lipinski definition) is 2. The van der Waals surface area contributed by atoms with Crippen LogP contribution in [0.25, 0.3) is 10.6 Å². The highest BCUT2D eigenvalue weighted by Gasteiger charge is 2.17. The van der Waals surface area contributed by atoms with Crippen molar-refractivity contribution < 1.29 is 14.3 Å². The van der Waals surface area contributed by atoms with Crippen molar-refractivity contribution in [1.29, 1.82) is 0 Å². The lowest BCUT2D eigenvalue weighted by molar-refractivity contribution is -0.118. The first-order valence-electron chi connectivity index (χ1n) is 8.39. The molecule has 3 N–H and O–H groups in total. The summed E-state index contributed by atoms with van der Waals surface area (Å²) in [7, 11) is 0. The third kappa shape index (κ3) is 4.71. The molecule has 0 fully saturated rings. The summed E-state index contributed by atoms with van der Waals surface area (Å²) < 4.78 is 5.56. The van der Waals surface area contributed by atoms with Gasteiger partial charge in [-0.05, 0) is 19.1 Å². The lowest BCUT2D eigenvalue weighted by Crippen LogP contribution is -2.16. The molecule has 0 bridgehead atoms. The Kier molecular flexibility index (Phi) is 5.83. The van der Waals surface area contributed by atoms with E-state index in [9.17, 15) is 9.59 Å². The molecule has 0 saturated heterocycles. The van der Waals surface area contributed by atoms with Crippen LogP contribution in [0.15, 0.2) is 54.6 Å². The predicted octanol–water partition coefficient (Wildman–Crippen LogP) is 3.63. The van der Waals surface area contributed by atoms with Crippen LogP contribution in [0, 0.1) is 6.92 Å². The summed E-state index contributed by atoms with van der Waals surface area (Å²) in [5.41, 5.74) is 7.29. The number of benzene rings is 2. The number of thiazole rings is 1. The first kappa shape index (κ1) is 18.6. The van der Waals surface area contributed by atoms with Gasteiger partial charge < -0.3 is 15.8 Å². The number of nitrogens with one attached hydrogen (secondary N) is 1. The molecule has 0 saturated carbocycles. The number of nitrogens with two attached hydrogens (primary N) is 1. The van der Waals surface area contributed by atoms with Crippen molar-refractivity contribution in [2.75, 3.05) is 11.9 Å². The lowest BCUT2D eigenvalue weighted by Gasteiger charge is -2.11. The van der Waals surface area contributed by atoms with E-state index in [0.29, 0.717) is 22.0 Å². The fourth-order valence-corrected chi connectivity index (χ4v) is 3.41. The van der Waals surface area contributed by atoms with Gasteiger partial charge in [-0.15, -0.1) is 11.3 Å². The zero-order valence-electron chi connectivity index (χ0n) is 14.8. The van der Waals surface area contributed by atoms with E-state index in [1.165, 1.54) is 11.3 Å². The molecule has 0 aliphatic rings. The van der Waals surface area contributed by atoms with Gasteiger partial charge in [0.25, 0.3) is 5.91 Å². The fourth-order valence-electron chi connectivity index (χ4n) is 2.45. The van der Waals surface area contributed by atoms with Crippen molar-refractivity contribution >= 4 is 28.8 Å². The molecule has 0 spiro atoms. The molecule has 3 aromatic rings. The fraction of sp³-hybridized carbons (Fsp3) is 0.150. The maximum atomic E-state index is 12.7. The van der Waals surface area contributed by atoms with Crippen LogP contribution >= 0.6 is 11.3 Å². The normalized spacial score (nSPS) is 10.4. The highest BCUT2D eigenvalue weighted by molar-refractivity contribution is 7.17. The Balaban J connectivity index is 1.76. The number of carbonyl (C=O) groups excluding carboxylic acids is 2. The van der Waals surface area contributed by atoms with Crippen molar-refractivity contribution in [2.45, 2.75) is 13.3 Å². The molecule has 0 aliphatic heterocycles. The second-order valence-electron chi connectivity index (χ2n) is 5.81. The smallest absolute Gasteiger partial charge is 0.267 e. The van der Waals surface area contributed by atoms with Crippen molar-refractivity contribution in [3.8, 4) is 16.3 Å². The van der Waals surface area contributed by atoms with E-state index in [1.54, 1.807) is 24.3 Å². The second-order valence-corrected chi connectivity index (χ2v) is 6.81. The van der Waals surface area contributed by atoms with Crippen LogP contribution in [-0.4, -0.2) is 23.4 Å². The Labute approximate surface area is 161 Å². The van der Waals surface area contributed by atoms with Crippen LogP contribution in [0.5, 0.6) is 5.75 Å². The Bertz CT molecular complexity index is 954. The van der Waals surface area contributed by atoms with Gasteiger partial charge in [0.1, 0.15) is 15.6 Å². The number of rotatable bonds is 7. The summed E-state index contributed by atoms with van der Waals surface area (Å²) >= 11 is 1.34. The number of nitrogens with zero attached hydrogens (tertiary/aromatic N) is 1. The minimum atomic E-state index is -0.440. The molecule has 2 aromatic carbocycles. The third-order valence-corrected chi connectivity index (χ3v) is 4.97. The van der Waals surface area contributed by atoms with Gasteiger partial charge in [0.05, 0.1) is 24.4 Å². The van der Waals surface area contributed by atoms with Gasteiger partial charge in [-0.2, -0.15) is 0 Å². The van der Waals surface area contributed by atoms with Crippen LogP contribution < -0.4 is 15.8 Å². The standard InChI is InChI=1S/C20H19N3O3S/c1-13-18(27-20(22-13)14-7-3-2-4-8-14)19(25)23-15-9-5-6-10-16(15)26-12-11-17(21)24/h2-10H,11-12H2,1H3,(H2,21,24)(H,23,25). The largest absolute Gasteiger partial charge is 0.491 e. The number of anilines is 1. The molecule has 7 heteroatoms. The quantitative estimate of drug-likeness (QED) is 0.653. The maximum absolute atomic E-state index is 12.7. The number of amides is 2. The molecule has 0 radical (unpaired) electrons. The van der Waals surface area contributed by atoms with Gasteiger partial charge in [0.2, 0.25) is 5.91 Å². The topological polar surface area (TPSA) is 94.3 Å². The zero-order chi connectivity index (χ0) is 19.2. The Hall–Kier alpha value is -3.19. The van der Waals surface area contributed by atoms with Gasteiger partial charge in [-0.1, -0.05) is 42.5 Å². The molecule has 6 nitrogen and oxygen atoms in total. The average Bonchev–Trinajstić information content (AvgIpc) is 3.05. The summed E-state index contributed by atoms with van der Waals surface area (Å²) in [6.07, 6.45) is 0.108. The Morgan fingerprint density at radius 1 is 1.11 bits per heavy atom. The molecule has 1 heterocycles. The van der Waals surface area contributed by atoms with E-state index in [-0.39, 0.29) is 18.9 Å². The van der Waals surface area contributed by atoms with E-state index in [2.05, 4.69) is 10.3 Å². The van der Waals surface area contributed by atoms with Crippen LogP contribution in [-0.2, 0) is 4.79 Å². The molecule has 1 aromatic heterocycles. The number of para-hydroxylation sites is 2. The van der Waals surface area contributed by atoms with Crippen molar-refractivity contribution in [3.05, 3.63) is 65.2 Å². The van der Waals surface area contributed by atoms with E-state index in [0.717, 1.165) is 10.6 Å². The van der Waals surface area contributed by atoms with Gasteiger partial charge in [-0.25, -0.2) is 4.98 Å². The molecular weight excluding hydrogens is 362 g/mol. The highest BCUT2D eigenvalue weighted by Crippen LogP contribution is 2.30. The number of aryl methyl sites for hydroxylation is 1. The lowest BCUT2D eigenvalue weighted by atomic mass is 10.2. The van der Waals surface area contributed by atoms with Crippen LogP contribution in [0.2, 0.25) is 0 Å². The third-order valence-electron chi connectivity index (χ3n) is 3.76. The molecule has 0 atom stereocenters. The molecule has 138 valence electrons. The van der Waals surface area contributed by atoms with Crippen molar-refractivity contribution in [2.24, 2.45) is 5.73 Å². The summed E-state index contributed by atoms with van der Waals surface area (Å²) in [4.78, 5) is 28.7. The van der Waals surface area contributed by atoms with Crippen molar-refractivity contribution in [3.63, 3.8) is 0 Å². The molecule has 0 aliphatic carbocycles. The SMILES string of the molecule is Cc1nc(-c2ccccc2)sc1C(=O)Nc1ccccc1OCCC(N)=O. The van der Waals surface area contributed by atoms with Gasteiger partial charge in [-0.3, -0.25) is 9.59 Å². The van der Waals surface area contributed by atoms with Crippen LogP contribution in [0.3, 0.4) is 0 Å². The first-order valence-corrected chi connectivity index (χ1v) is 9.20. The summed E-state index contributed by atoms with van der Waals surface area (Å²) in [5.74, 6) is -0.207.